The summed E-state index contributed by atoms with van der Waals surface area (Å²) in [7, 11) is 0. The van der Waals surface area contributed by atoms with Gasteiger partial charge in [-0.15, -0.1) is 0 Å². The van der Waals surface area contributed by atoms with Crippen molar-refractivity contribution in [3.8, 4) is 0 Å². The summed E-state index contributed by atoms with van der Waals surface area (Å²) >= 11 is 5.93. The van der Waals surface area contributed by atoms with Crippen molar-refractivity contribution in [2.45, 2.75) is 52.0 Å². The van der Waals surface area contributed by atoms with Crippen molar-refractivity contribution in [2.75, 3.05) is 0 Å². The maximum absolute atomic E-state index is 10.6. The molecule has 0 aliphatic heterocycles. The zero-order valence-corrected chi connectivity index (χ0v) is 9.43. The molecule has 0 aromatic heterocycles. The molecule has 0 saturated carbocycles. The molecular formula is C10H19ClO2. The fourth-order valence-electron chi connectivity index (χ4n) is 1.24. The molecule has 2 atom stereocenters. The number of alkyl halides is 1. The van der Waals surface area contributed by atoms with Crippen LogP contribution in [-0.2, 0) is 9.53 Å². The Morgan fingerprint density at radius 1 is 1.46 bits per heavy atom. The van der Waals surface area contributed by atoms with Crippen molar-refractivity contribution < 1.29 is 9.53 Å². The van der Waals surface area contributed by atoms with Gasteiger partial charge < -0.3 is 4.74 Å². The normalized spacial score (nSPS) is 15.1. The van der Waals surface area contributed by atoms with E-state index in [1.807, 2.05) is 0 Å². The van der Waals surface area contributed by atoms with Gasteiger partial charge in [-0.05, 0) is 12.8 Å². The lowest BCUT2D eigenvalue weighted by molar-refractivity contribution is -0.144. The first kappa shape index (κ1) is 12.8. The number of ether oxygens (including phenoxy) is 1. The predicted molar refractivity (Wildman–Crippen MR) is 54.7 cm³/mol. The van der Waals surface area contributed by atoms with Gasteiger partial charge >= 0.3 is 5.97 Å². The second-order valence-corrected chi connectivity index (χ2v) is 3.70. The van der Waals surface area contributed by atoms with E-state index in [4.69, 9.17) is 16.3 Å². The van der Waals surface area contributed by atoms with Gasteiger partial charge in [0.15, 0.2) is 5.56 Å². The average molecular weight is 207 g/mol. The van der Waals surface area contributed by atoms with E-state index >= 15 is 0 Å². The number of esters is 1. The molecule has 0 aliphatic carbocycles. The molecule has 0 bridgehead atoms. The molecule has 0 aromatic rings. The molecule has 2 nitrogen and oxygen atoms in total. The summed E-state index contributed by atoms with van der Waals surface area (Å²) in [4.78, 5) is 10.6. The summed E-state index contributed by atoms with van der Waals surface area (Å²) in [5.74, 6) is 0.000431. The molecule has 0 saturated heterocycles. The topological polar surface area (TPSA) is 26.3 Å². The highest BCUT2D eigenvalue weighted by Gasteiger charge is 2.19. The lowest BCUT2D eigenvalue weighted by Gasteiger charge is -2.19. The SMILES string of the molecule is CCCCC(CC)C(Cl)OC(C)=O. The van der Waals surface area contributed by atoms with E-state index in [2.05, 4.69) is 13.8 Å². The standard InChI is InChI=1S/C10H19ClO2/c1-4-6-7-9(5-2)10(11)13-8(3)12/h9-10H,4-7H2,1-3H3. The predicted octanol–water partition coefficient (Wildman–Crippen LogP) is 3.33. The minimum absolute atomic E-state index is 0.296. The highest BCUT2D eigenvalue weighted by atomic mass is 35.5. The van der Waals surface area contributed by atoms with Gasteiger partial charge in [-0.2, -0.15) is 0 Å². The highest BCUT2D eigenvalue weighted by molar-refractivity contribution is 6.20. The van der Waals surface area contributed by atoms with Crippen LogP contribution in [0, 0.1) is 5.92 Å². The molecule has 0 aliphatic rings. The molecule has 0 rings (SSSR count). The summed E-state index contributed by atoms with van der Waals surface area (Å²) in [6, 6.07) is 0. The summed E-state index contributed by atoms with van der Waals surface area (Å²) in [6.45, 7) is 5.60. The number of hydrogen-bond donors (Lipinski definition) is 0. The quantitative estimate of drug-likeness (QED) is 0.492. The fourth-order valence-corrected chi connectivity index (χ4v) is 1.67. The maximum Gasteiger partial charge on any atom is 0.304 e. The van der Waals surface area contributed by atoms with Gasteiger partial charge in [-0.3, -0.25) is 4.79 Å². The Hall–Kier alpha value is -0.240. The zero-order valence-electron chi connectivity index (χ0n) is 8.68. The lowest BCUT2D eigenvalue weighted by Crippen LogP contribution is -2.20. The van der Waals surface area contributed by atoms with Gasteiger partial charge in [-0.25, -0.2) is 0 Å². The first-order chi connectivity index (χ1) is 6.11. The smallest absolute Gasteiger partial charge is 0.304 e. The van der Waals surface area contributed by atoms with E-state index < -0.39 is 5.56 Å². The Labute approximate surface area is 85.6 Å². The van der Waals surface area contributed by atoms with E-state index in [1.54, 1.807) is 0 Å². The van der Waals surface area contributed by atoms with Crippen LogP contribution in [0.3, 0.4) is 0 Å². The maximum atomic E-state index is 10.6. The number of unbranched alkanes of at least 4 members (excludes halogenated alkanes) is 1. The van der Waals surface area contributed by atoms with Gasteiger partial charge in [0.1, 0.15) is 0 Å². The molecule has 0 N–H and O–H groups in total. The molecule has 0 spiro atoms. The molecule has 3 heteroatoms. The third-order valence-corrected chi connectivity index (χ3v) is 2.55. The second-order valence-electron chi connectivity index (χ2n) is 3.27. The first-order valence-electron chi connectivity index (χ1n) is 4.93. The van der Waals surface area contributed by atoms with Crippen LogP contribution in [0.15, 0.2) is 0 Å². The Morgan fingerprint density at radius 3 is 2.46 bits per heavy atom. The number of rotatable bonds is 6. The molecule has 0 aromatic carbocycles. The van der Waals surface area contributed by atoms with Crippen molar-refractivity contribution in [1.29, 1.82) is 0 Å². The largest absolute Gasteiger partial charge is 0.446 e. The molecule has 0 radical (unpaired) electrons. The van der Waals surface area contributed by atoms with Crippen LogP contribution in [-0.4, -0.2) is 11.5 Å². The van der Waals surface area contributed by atoms with E-state index in [9.17, 15) is 4.79 Å². The number of hydrogen-bond acceptors (Lipinski definition) is 2. The fraction of sp³-hybridized carbons (Fsp3) is 0.900. The minimum atomic E-state index is -0.450. The summed E-state index contributed by atoms with van der Waals surface area (Å²) in [6.07, 6.45) is 4.29. The van der Waals surface area contributed by atoms with Crippen LogP contribution >= 0.6 is 11.6 Å². The Balaban J connectivity index is 3.83. The zero-order chi connectivity index (χ0) is 10.3. The van der Waals surface area contributed by atoms with E-state index in [0.717, 1.165) is 25.7 Å². The van der Waals surface area contributed by atoms with Gasteiger partial charge in [0.25, 0.3) is 0 Å². The monoisotopic (exact) mass is 206 g/mol. The summed E-state index contributed by atoms with van der Waals surface area (Å²) in [5.41, 5.74) is -0.450. The average Bonchev–Trinajstić information content (AvgIpc) is 2.04. The third kappa shape index (κ3) is 5.92. The van der Waals surface area contributed by atoms with Crippen LogP contribution in [0.25, 0.3) is 0 Å². The summed E-state index contributed by atoms with van der Waals surface area (Å²) in [5, 5.41) is 0. The minimum Gasteiger partial charge on any atom is -0.446 e. The molecule has 0 amide bonds. The van der Waals surface area contributed by atoms with Crippen LogP contribution in [0.2, 0.25) is 0 Å². The molecular weight excluding hydrogens is 188 g/mol. The Morgan fingerprint density at radius 2 is 2.08 bits per heavy atom. The Kier molecular flexibility index (Phi) is 7.06. The number of carbonyl (C=O) groups excluding carboxylic acids is 1. The van der Waals surface area contributed by atoms with Crippen molar-refractivity contribution >= 4 is 17.6 Å². The van der Waals surface area contributed by atoms with E-state index in [1.165, 1.54) is 6.92 Å². The highest BCUT2D eigenvalue weighted by Crippen LogP contribution is 2.22. The first-order valence-corrected chi connectivity index (χ1v) is 5.36. The third-order valence-electron chi connectivity index (χ3n) is 2.10. The van der Waals surface area contributed by atoms with Crippen molar-refractivity contribution in [1.82, 2.24) is 0 Å². The van der Waals surface area contributed by atoms with Crippen LogP contribution < -0.4 is 0 Å². The second kappa shape index (κ2) is 7.19. The molecule has 78 valence electrons. The van der Waals surface area contributed by atoms with E-state index in [0.29, 0.717) is 5.92 Å². The van der Waals surface area contributed by atoms with Crippen LogP contribution in [0.5, 0.6) is 0 Å². The molecule has 13 heavy (non-hydrogen) atoms. The van der Waals surface area contributed by atoms with Gasteiger partial charge in [0.2, 0.25) is 0 Å². The molecule has 2 unspecified atom stereocenters. The van der Waals surface area contributed by atoms with Crippen molar-refractivity contribution in [3.63, 3.8) is 0 Å². The van der Waals surface area contributed by atoms with E-state index in [-0.39, 0.29) is 5.97 Å². The lowest BCUT2D eigenvalue weighted by atomic mass is 10.0. The Bertz CT molecular complexity index is 148. The van der Waals surface area contributed by atoms with Gasteiger partial charge in [0, 0.05) is 12.8 Å². The van der Waals surface area contributed by atoms with Gasteiger partial charge in [0.05, 0.1) is 0 Å². The van der Waals surface area contributed by atoms with Gasteiger partial charge in [-0.1, -0.05) is 38.3 Å². The molecule has 0 heterocycles. The molecule has 0 fully saturated rings. The van der Waals surface area contributed by atoms with Crippen LogP contribution in [0.4, 0.5) is 0 Å². The van der Waals surface area contributed by atoms with Crippen molar-refractivity contribution in [2.24, 2.45) is 5.92 Å². The van der Waals surface area contributed by atoms with Crippen LogP contribution in [0.1, 0.15) is 46.5 Å². The van der Waals surface area contributed by atoms with Crippen molar-refractivity contribution in [3.05, 3.63) is 0 Å². The number of carbonyl (C=O) groups is 1. The number of halogens is 1. The summed E-state index contributed by atoms with van der Waals surface area (Å²) < 4.78 is 4.93.